The number of nitrogens with zero attached hydrogens (tertiary/aromatic N) is 4. The van der Waals surface area contributed by atoms with Crippen LogP contribution in [0.2, 0.25) is 0 Å². The molecule has 3 aromatic heterocycles. The van der Waals surface area contributed by atoms with E-state index in [1.165, 1.54) is 10.6 Å². The zero-order chi connectivity index (χ0) is 20.9. The summed E-state index contributed by atoms with van der Waals surface area (Å²) in [5.74, 6) is 0.208. The van der Waals surface area contributed by atoms with Crippen LogP contribution in [-0.4, -0.2) is 31.8 Å². The van der Waals surface area contributed by atoms with Crippen molar-refractivity contribution in [3.05, 3.63) is 95.3 Å². The first-order chi connectivity index (χ1) is 14.6. The van der Waals surface area contributed by atoms with Crippen LogP contribution in [0.3, 0.4) is 0 Å². The molecule has 30 heavy (non-hydrogen) atoms. The molecule has 1 N–H and O–H groups in total. The molecule has 0 radical (unpaired) electrons. The van der Waals surface area contributed by atoms with Gasteiger partial charge in [-0.25, -0.2) is 4.98 Å². The topological polar surface area (TPSA) is 89.8 Å². The molecule has 7 heteroatoms. The Morgan fingerprint density at radius 2 is 1.77 bits per heavy atom. The average molecular weight is 397 g/mol. The molecule has 0 unspecified atom stereocenters. The number of rotatable bonds is 6. The molecule has 0 saturated carbocycles. The quantitative estimate of drug-likeness (QED) is 0.503. The van der Waals surface area contributed by atoms with Gasteiger partial charge in [0.05, 0.1) is 12.2 Å². The first kappa shape index (κ1) is 19.2. The van der Waals surface area contributed by atoms with E-state index in [9.17, 15) is 9.59 Å². The Morgan fingerprint density at radius 1 is 0.967 bits per heavy atom. The van der Waals surface area contributed by atoms with E-state index < -0.39 is 0 Å². The molecule has 1 aromatic carbocycles. The van der Waals surface area contributed by atoms with E-state index in [4.69, 9.17) is 0 Å². The van der Waals surface area contributed by atoms with Gasteiger partial charge in [-0.05, 0) is 23.8 Å². The molecule has 0 aliphatic rings. The third kappa shape index (κ3) is 4.00. The van der Waals surface area contributed by atoms with Crippen LogP contribution in [0.1, 0.15) is 10.4 Å². The number of carbonyl (C=O) groups is 1. The predicted octanol–water partition coefficient (Wildman–Crippen LogP) is 3.20. The number of ketones is 1. The van der Waals surface area contributed by atoms with Crippen molar-refractivity contribution in [3.8, 4) is 22.4 Å². The molecular formula is C23H19N5O2. The molecule has 0 fully saturated rings. The van der Waals surface area contributed by atoms with Crippen molar-refractivity contribution in [2.45, 2.75) is 0 Å². The molecule has 7 nitrogen and oxygen atoms in total. The second kappa shape index (κ2) is 8.48. The van der Waals surface area contributed by atoms with Crippen LogP contribution in [0, 0.1) is 0 Å². The van der Waals surface area contributed by atoms with E-state index in [2.05, 4.69) is 20.3 Å². The summed E-state index contributed by atoms with van der Waals surface area (Å²) < 4.78 is 1.38. The molecule has 0 aliphatic heterocycles. The highest BCUT2D eigenvalue weighted by molar-refractivity contribution is 6.04. The zero-order valence-electron chi connectivity index (χ0n) is 16.3. The lowest BCUT2D eigenvalue weighted by Gasteiger charge is -2.13. The van der Waals surface area contributed by atoms with Crippen LogP contribution in [0.15, 0.2) is 84.2 Å². The SMILES string of the molecule is Cn1c(NCC(=O)c2ccccc2-c2cccnc2)nc(-c2ccncc2)cc1=O. The Balaban J connectivity index is 1.60. The van der Waals surface area contributed by atoms with Crippen LogP contribution in [-0.2, 0) is 7.05 Å². The van der Waals surface area contributed by atoms with Gasteiger partial charge in [0.1, 0.15) is 0 Å². The van der Waals surface area contributed by atoms with E-state index in [0.717, 1.165) is 16.7 Å². The minimum atomic E-state index is -0.220. The third-order valence-corrected chi connectivity index (χ3v) is 4.72. The standard InChI is InChI=1S/C23H19N5O2/c1-28-22(30)13-20(16-8-11-24-12-9-16)27-23(28)26-15-21(29)19-7-3-2-6-18(19)17-5-4-10-25-14-17/h2-14H,15H2,1H3,(H,26,27). The zero-order valence-corrected chi connectivity index (χ0v) is 16.3. The van der Waals surface area contributed by atoms with Crippen LogP contribution in [0.25, 0.3) is 22.4 Å². The van der Waals surface area contributed by atoms with Gasteiger partial charge in [0, 0.05) is 54.6 Å². The molecule has 0 aliphatic carbocycles. The lowest BCUT2D eigenvalue weighted by Crippen LogP contribution is -2.24. The van der Waals surface area contributed by atoms with Gasteiger partial charge in [-0.1, -0.05) is 30.3 Å². The Labute approximate surface area is 173 Å². The first-order valence-corrected chi connectivity index (χ1v) is 9.38. The van der Waals surface area contributed by atoms with Crippen molar-refractivity contribution in [3.63, 3.8) is 0 Å². The van der Waals surface area contributed by atoms with Crippen LogP contribution >= 0.6 is 0 Å². The second-order valence-corrected chi connectivity index (χ2v) is 6.66. The van der Waals surface area contributed by atoms with Crippen LogP contribution < -0.4 is 10.9 Å². The van der Waals surface area contributed by atoms with Crippen molar-refractivity contribution < 1.29 is 4.79 Å². The van der Waals surface area contributed by atoms with Gasteiger partial charge in [0.15, 0.2) is 5.78 Å². The highest BCUT2D eigenvalue weighted by atomic mass is 16.1. The molecule has 0 atom stereocenters. The van der Waals surface area contributed by atoms with E-state index in [1.54, 1.807) is 50.0 Å². The number of aromatic nitrogens is 4. The fourth-order valence-electron chi connectivity index (χ4n) is 3.12. The van der Waals surface area contributed by atoms with E-state index in [0.29, 0.717) is 17.2 Å². The molecule has 0 spiro atoms. The number of benzene rings is 1. The number of hydrogen-bond donors (Lipinski definition) is 1. The number of hydrogen-bond acceptors (Lipinski definition) is 6. The van der Waals surface area contributed by atoms with Crippen molar-refractivity contribution in [1.29, 1.82) is 0 Å². The average Bonchev–Trinajstić information content (AvgIpc) is 2.81. The van der Waals surface area contributed by atoms with Gasteiger partial charge in [0.25, 0.3) is 5.56 Å². The summed E-state index contributed by atoms with van der Waals surface area (Å²) in [5, 5.41) is 3.01. The third-order valence-electron chi connectivity index (χ3n) is 4.72. The fourth-order valence-corrected chi connectivity index (χ4v) is 3.12. The number of anilines is 1. The highest BCUT2D eigenvalue weighted by Crippen LogP contribution is 2.23. The Bertz CT molecular complexity index is 1240. The van der Waals surface area contributed by atoms with Crippen molar-refractivity contribution in [2.24, 2.45) is 7.05 Å². The van der Waals surface area contributed by atoms with E-state index in [-0.39, 0.29) is 17.9 Å². The monoisotopic (exact) mass is 397 g/mol. The summed E-state index contributed by atoms with van der Waals surface area (Å²) in [4.78, 5) is 38.0. The van der Waals surface area contributed by atoms with Crippen LogP contribution in [0.4, 0.5) is 5.95 Å². The minimum absolute atomic E-state index is 0.00262. The molecule has 148 valence electrons. The summed E-state index contributed by atoms with van der Waals surface area (Å²) in [6, 6.07) is 16.1. The van der Waals surface area contributed by atoms with Gasteiger partial charge in [-0.3, -0.25) is 24.1 Å². The minimum Gasteiger partial charge on any atom is -0.348 e. The number of nitrogens with one attached hydrogen (secondary N) is 1. The second-order valence-electron chi connectivity index (χ2n) is 6.66. The molecule has 4 rings (SSSR count). The normalized spacial score (nSPS) is 10.6. The van der Waals surface area contributed by atoms with Gasteiger partial charge in [0.2, 0.25) is 5.95 Å². The Hall–Kier alpha value is -4.13. The van der Waals surface area contributed by atoms with Crippen molar-refractivity contribution >= 4 is 11.7 Å². The summed E-state index contributed by atoms with van der Waals surface area (Å²) >= 11 is 0. The number of Topliss-reactive ketones (excluding diaryl/α,β-unsaturated/α-hetero) is 1. The van der Waals surface area contributed by atoms with E-state index in [1.807, 2.05) is 30.3 Å². The van der Waals surface area contributed by atoms with Gasteiger partial charge < -0.3 is 5.32 Å². The fraction of sp³-hybridized carbons (Fsp3) is 0.0870. The Morgan fingerprint density at radius 3 is 2.53 bits per heavy atom. The summed E-state index contributed by atoms with van der Waals surface area (Å²) in [5.41, 5.74) is 3.33. The maximum Gasteiger partial charge on any atom is 0.255 e. The predicted molar refractivity (Wildman–Crippen MR) is 115 cm³/mol. The maximum absolute atomic E-state index is 13.0. The lowest BCUT2D eigenvalue weighted by molar-refractivity contribution is 0.101. The van der Waals surface area contributed by atoms with Crippen molar-refractivity contribution in [1.82, 2.24) is 19.5 Å². The largest absolute Gasteiger partial charge is 0.348 e. The van der Waals surface area contributed by atoms with Crippen molar-refractivity contribution in [2.75, 3.05) is 11.9 Å². The number of pyridine rings is 2. The van der Waals surface area contributed by atoms with Gasteiger partial charge in [-0.2, -0.15) is 0 Å². The van der Waals surface area contributed by atoms with Gasteiger partial charge >= 0.3 is 0 Å². The molecular weight excluding hydrogens is 378 g/mol. The summed E-state index contributed by atoms with van der Waals surface area (Å²) in [6.45, 7) is -0.00262. The molecule has 0 bridgehead atoms. The summed E-state index contributed by atoms with van der Waals surface area (Å²) in [6.07, 6.45) is 6.70. The first-order valence-electron chi connectivity index (χ1n) is 9.38. The molecule has 0 amide bonds. The van der Waals surface area contributed by atoms with Gasteiger partial charge in [-0.15, -0.1) is 0 Å². The maximum atomic E-state index is 13.0. The molecule has 4 aromatic rings. The molecule has 0 saturated heterocycles. The lowest BCUT2D eigenvalue weighted by atomic mass is 9.98. The summed E-state index contributed by atoms with van der Waals surface area (Å²) in [7, 11) is 1.61. The molecule has 3 heterocycles. The smallest absolute Gasteiger partial charge is 0.255 e. The highest BCUT2D eigenvalue weighted by Gasteiger charge is 2.14. The van der Waals surface area contributed by atoms with E-state index >= 15 is 0 Å². The Kier molecular flexibility index (Phi) is 5.43. The van der Waals surface area contributed by atoms with Crippen LogP contribution in [0.5, 0.6) is 0 Å². The number of carbonyl (C=O) groups excluding carboxylic acids is 1.